The number of hydrogen-bond acceptors (Lipinski definition) is 6. The molecule has 0 unspecified atom stereocenters. The van der Waals surface area contributed by atoms with Crippen molar-refractivity contribution in [2.24, 2.45) is 0 Å². The molecule has 1 aliphatic heterocycles. The first-order valence-corrected chi connectivity index (χ1v) is 10.4. The molecule has 0 saturated carbocycles. The fourth-order valence-electron chi connectivity index (χ4n) is 3.57. The molecule has 6 nitrogen and oxygen atoms in total. The summed E-state index contributed by atoms with van der Waals surface area (Å²) in [7, 11) is 0. The molecule has 1 aliphatic rings. The van der Waals surface area contributed by atoms with Gasteiger partial charge in [0.15, 0.2) is 0 Å². The molecular weight excluding hydrogens is 368 g/mol. The highest BCUT2D eigenvalue weighted by Gasteiger charge is 2.14. The summed E-state index contributed by atoms with van der Waals surface area (Å²) in [6, 6.07) is 12.7. The molecular formula is C21H22N6S. The summed E-state index contributed by atoms with van der Waals surface area (Å²) in [6.45, 7) is 6.20. The van der Waals surface area contributed by atoms with E-state index >= 15 is 0 Å². The van der Waals surface area contributed by atoms with Gasteiger partial charge in [-0.05, 0) is 48.2 Å². The topological polar surface area (TPSA) is 68.9 Å². The highest BCUT2D eigenvalue weighted by Crippen LogP contribution is 2.32. The summed E-state index contributed by atoms with van der Waals surface area (Å²) in [4.78, 5) is 16.3. The molecule has 3 N–H and O–H groups in total. The molecule has 1 aromatic carbocycles. The molecule has 142 valence electrons. The number of nitrogens with zero attached hydrogens (tertiary/aromatic N) is 3. The van der Waals surface area contributed by atoms with Crippen LogP contribution in [-0.4, -0.2) is 41.1 Å². The number of piperazine rings is 1. The molecule has 0 amide bonds. The van der Waals surface area contributed by atoms with Gasteiger partial charge in [0.2, 0.25) is 5.95 Å². The molecule has 0 atom stereocenters. The zero-order chi connectivity index (χ0) is 18.9. The summed E-state index contributed by atoms with van der Waals surface area (Å²) in [5.41, 5.74) is 5.28. The van der Waals surface area contributed by atoms with Gasteiger partial charge < -0.3 is 20.5 Å². The van der Waals surface area contributed by atoms with Gasteiger partial charge in [-0.15, -0.1) is 11.3 Å². The summed E-state index contributed by atoms with van der Waals surface area (Å²) < 4.78 is 0. The van der Waals surface area contributed by atoms with E-state index in [4.69, 9.17) is 4.98 Å². The van der Waals surface area contributed by atoms with Gasteiger partial charge in [0.25, 0.3) is 0 Å². The lowest BCUT2D eigenvalue weighted by molar-refractivity contribution is 0.589. The third kappa shape index (κ3) is 3.34. The number of H-pyrrole nitrogens is 1. The van der Waals surface area contributed by atoms with Crippen LogP contribution in [0.1, 0.15) is 5.56 Å². The Kier molecular flexibility index (Phi) is 4.46. The first-order valence-electron chi connectivity index (χ1n) is 9.50. The lowest BCUT2D eigenvalue weighted by Gasteiger charge is -2.29. The molecule has 4 aromatic rings. The third-order valence-corrected chi connectivity index (χ3v) is 6.02. The zero-order valence-corrected chi connectivity index (χ0v) is 16.5. The number of benzene rings is 1. The average molecular weight is 391 g/mol. The van der Waals surface area contributed by atoms with Crippen molar-refractivity contribution < 1.29 is 0 Å². The van der Waals surface area contributed by atoms with E-state index in [9.17, 15) is 0 Å². The van der Waals surface area contributed by atoms with E-state index in [1.165, 1.54) is 11.3 Å². The lowest BCUT2D eigenvalue weighted by atomic mass is 10.2. The standard InChI is InChI=1S/C21H22N6S/c1-14-11-18(28-13-14)19-17-5-6-23-20(17)26-21(25-19)24-15-3-2-4-16(12-15)27-9-7-22-8-10-27/h2-6,11-13,22H,7-10H2,1H3,(H2,23,24,25,26). The van der Waals surface area contributed by atoms with Gasteiger partial charge >= 0.3 is 0 Å². The quantitative estimate of drug-likeness (QED) is 0.488. The molecule has 1 fully saturated rings. The second kappa shape index (κ2) is 7.26. The number of fused-ring (bicyclic) bond motifs is 1. The molecule has 0 spiro atoms. The van der Waals surface area contributed by atoms with Crippen molar-refractivity contribution in [3.05, 3.63) is 53.5 Å². The van der Waals surface area contributed by atoms with Crippen molar-refractivity contribution in [1.29, 1.82) is 0 Å². The van der Waals surface area contributed by atoms with E-state index in [0.29, 0.717) is 5.95 Å². The second-order valence-electron chi connectivity index (χ2n) is 7.04. The Morgan fingerprint density at radius 1 is 1.11 bits per heavy atom. The summed E-state index contributed by atoms with van der Waals surface area (Å²) in [6.07, 6.45) is 1.91. The molecule has 7 heteroatoms. The van der Waals surface area contributed by atoms with Crippen LogP contribution < -0.4 is 15.5 Å². The Labute approximate surface area is 167 Å². The van der Waals surface area contributed by atoms with Gasteiger partial charge in [-0.1, -0.05) is 6.07 Å². The predicted molar refractivity (Wildman–Crippen MR) is 117 cm³/mol. The van der Waals surface area contributed by atoms with Crippen molar-refractivity contribution in [1.82, 2.24) is 20.3 Å². The van der Waals surface area contributed by atoms with Crippen LogP contribution in [-0.2, 0) is 0 Å². The summed E-state index contributed by atoms with van der Waals surface area (Å²) in [5.74, 6) is 0.605. The lowest BCUT2D eigenvalue weighted by Crippen LogP contribution is -2.43. The highest BCUT2D eigenvalue weighted by atomic mass is 32.1. The van der Waals surface area contributed by atoms with E-state index < -0.39 is 0 Å². The molecule has 0 bridgehead atoms. The monoisotopic (exact) mass is 390 g/mol. The van der Waals surface area contributed by atoms with Crippen molar-refractivity contribution in [3.63, 3.8) is 0 Å². The predicted octanol–water partition coefficient (Wildman–Crippen LogP) is 4.15. The first-order chi connectivity index (χ1) is 13.8. The van der Waals surface area contributed by atoms with E-state index in [-0.39, 0.29) is 0 Å². The fourth-order valence-corrected chi connectivity index (χ4v) is 4.47. The maximum Gasteiger partial charge on any atom is 0.229 e. The van der Waals surface area contributed by atoms with Crippen LogP contribution in [0.4, 0.5) is 17.3 Å². The van der Waals surface area contributed by atoms with Gasteiger partial charge in [0.05, 0.1) is 10.6 Å². The largest absolute Gasteiger partial charge is 0.369 e. The van der Waals surface area contributed by atoms with Crippen LogP contribution in [0.5, 0.6) is 0 Å². The third-order valence-electron chi connectivity index (χ3n) is 4.96. The molecule has 1 saturated heterocycles. The van der Waals surface area contributed by atoms with Crippen LogP contribution in [0, 0.1) is 6.92 Å². The van der Waals surface area contributed by atoms with Gasteiger partial charge in [-0.3, -0.25) is 0 Å². The molecule has 4 heterocycles. The normalized spacial score (nSPS) is 14.5. The number of thiophene rings is 1. The van der Waals surface area contributed by atoms with Crippen LogP contribution in [0.15, 0.2) is 48.0 Å². The summed E-state index contributed by atoms with van der Waals surface area (Å²) >= 11 is 1.71. The van der Waals surface area contributed by atoms with E-state index in [0.717, 1.165) is 53.5 Å². The molecule has 3 aromatic heterocycles. The number of aryl methyl sites for hydroxylation is 1. The minimum Gasteiger partial charge on any atom is -0.369 e. The zero-order valence-electron chi connectivity index (χ0n) is 15.7. The van der Waals surface area contributed by atoms with E-state index in [1.807, 2.05) is 12.3 Å². The number of aromatic nitrogens is 3. The maximum atomic E-state index is 4.84. The van der Waals surface area contributed by atoms with Crippen molar-refractivity contribution in [2.45, 2.75) is 6.92 Å². The highest BCUT2D eigenvalue weighted by molar-refractivity contribution is 7.13. The van der Waals surface area contributed by atoms with E-state index in [2.05, 4.69) is 68.1 Å². The number of nitrogens with one attached hydrogen (secondary N) is 3. The van der Waals surface area contributed by atoms with Gasteiger partial charge in [0, 0.05) is 49.1 Å². The minimum absolute atomic E-state index is 0.605. The SMILES string of the molecule is Cc1csc(-c2nc(Nc3cccc(N4CCNCC4)c3)nc3[nH]ccc23)c1. The van der Waals surface area contributed by atoms with Gasteiger partial charge in [-0.2, -0.15) is 4.98 Å². The number of anilines is 3. The number of aromatic amines is 1. The average Bonchev–Trinajstić information content (AvgIpc) is 3.37. The van der Waals surface area contributed by atoms with E-state index in [1.54, 1.807) is 11.3 Å². The Hall–Kier alpha value is -2.90. The number of rotatable bonds is 4. The van der Waals surface area contributed by atoms with Crippen molar-refractivity contribution in [2.75, 3.05) is 36.4 Å². The number of hydrogen-bond donors (Lipinski definition) is 3. The van der Waals surface area contributed by atoms with Gasteiger partial charge in [0.1, 0.15) is 5.65 Å². The smallest absolute Gasteiger partial charge is 0.229 e. The van der Waals surface area contributed by atoms with Crippen molar-refractivity contribution in [3.8, 4) is 10.6 Å². The molecule has 0 aliphatic carbocycles. The van der Waals surface area contributed by atoms with Gasteiger partial charge in [-0.25, -0.2) is 4.98 Å². The second-order valence-corrected chi connectivity index (χ2v) is 7.95. The molecule has 0 radical (unpaired) electrons. The fraction of sp³-hybridized carbons (Fsp3) is 0.238. The molecule has 5 rings (SSSR count). The van der Waals surface area contributed by atoms with Crippen molar-refractivity contribution >= 4 is 39.7 Å². The molecule has 28 heavy (non-hydrogen) atoms. The summed E-state index contributed by atoms with van der Waals surface area (Å²) in [5, 5.41) is 10.00. The van der Waals surface area contributed by atoms with Crippen LogP contribution >= 0.6 is 11.3 Å². The Balaban J connectivity index is 1.48. The maximum absolute atomic E-state index is 4.84. The minimum atomic E-state index is 0.605. The first kappa shape index (κ1) is 17.2. The van der Waals surface area contributed by atoms with Crippen LogP contribution in [0.2, 0.25) is 0 Å². The van der Waals surface area contributed by atoms with Crippen LogP contribution in [0.25, 0.3) is 21.6 Å². The Morgan fingerprint density at radius 2 is 2.00 bits per heavy atom. The van der Waals surface area contributed by atoms with Crippen LogP contribution in [0.3, 0.4) is 0 Å². The Bertz CT molecular complexity index is 1110. The Morgan fingerprint density at radius 3 is 2.82 bits per heavy atom.